The van der Waals surface area contributed by atoms with E-state index in [1.54, 1.807) is 45.2 Å². The smallest absolute Gasteiger partial charge is 0.340 e. The van der Waals surface area contributed by atoms with Gasteiger partial charge in [0.1, 0.15) is 11.8 Å². The third-order valence-electron chi connectivity index (χ3n) is 3.84. The maximum atomic E-state index is 12.1. The van der Waals surface area contributed by atoms with E-state index in [9.17, 15) is 9.59 Å². The molecule has 2 aliphatic heterocycles. The number of hydrogen-bond acceptors (Lipinski definition) is 6. The Morgan fingerprint density at radius 2 is 1.86 bits per heavy atom. The predicted octanol–water partition coefficient (Wildman–Crippen LogP) is 0.416. The molecule has 0 bridgehead atoms. The van der Waals surface area contributed by atoms with E-state index in [0.29, 0.717) is 11.4 Å². The highest BCUT2D eigenvalue weighted by molar-refractivity contribution is 6.07. The number of nitrogens with two attached hydrogens (primary N) is 1. The van der Waals surface area contributed by atoms with Gasteiger partial charge < -0.3 is 24.8 Å². The molecule has 0 radical (unpaired) electrons. The number of ether oxygens (including phenoxy) is 3. The van der Waals surface area contributed by atoms with Crippen LogP contribution in [0.25, 0.3) is 0 Å². The lowest BCUT2D eigenvalue weighted by Gasteiger charge is -2.46. The van der Waals surface area contributed by atoms with Crippen molar-refractivity contribution in [2.45, 2.75) is 37.8 Å². The molecule has 3 rings (SSSR count). The molecular formula is C15H18N2O5. The first-order valence-corrected chi connectivity index (χ1v) is 6.97. The predicted molar refractivity (Wildman–Crippen MR) is 77.3 cm³/mol. The highest BCUT2D eigenvalue weighted by Gasteiger charge is 2.57. The van der Waals surface area contributed by atoms with E-state index in [-0.39, 0.29) is 5.91 Å². The van der Waals surface area contributed by atoms with Crippen molar-refractivity contribution < 1.29 is 23.8 Å². The number of carbonyl (C=O) groups excluding carboxylic acids is 2. The van der Waals surface area contributed by atoms with Crippen LogP contribution in [-0.4, -0.2) is 43.0 Å². The first kappa shape index (κ1) is 14.8. The summed E-state index contributed by atoms with van der Waals surface area (Å²) in [5.74, 6) is -1.09. The molecule has 2 fully saturated rings. The lowest BCUT2D eigenvalue weighted by molar-refractivity contribution is -0.162. The van der Waals surface area contributed by atoms with Crippen molar-refractivity contribution in [3.63, 3.8) is 0 Å². The van der Waals surface area contributed by atoms with Crippen molar-refractivity contribution >= 4 is 17.6 Å². The molecule has 0 aliphatic carbocycles. The van der Waals surface area contributed by atoms with E-state index in [0.717, 1.165) is 0 Å². The van der Waals surface area contributed by atoms with Crippen molar-refractivity contribution in [2.75, 3.05) is 12.0 Å². The van der Waals surface area contributed by atoms with E-state index in [1.165, 1.54) is 4.90 Å². The fourth-order valence-electron chi connectivity index (χ4n) is 2.79. The third kappa shape index (κ3) is 2.22. The summed E-state index contributed by atoms with van der Waals surface area (Å²) in [6, 6.07) is 5.59. The minimum atomic E-state index is -1.01. The van der Waals surface area contributed by atoms with E-state index in [4.69, 9.17) is 19.9 Å². The van der Waals surface area contributed by atoms with Crippen LogP contribution in [0.15, 0.2) is 24.3 Å². The number of rotatable bonds is 3. The molecule has 2 aliphatic rings. The molecule has 1 amide bonds. The molecule has 1 aromatic carbocycles. The van der Waals surface area contributed by atoms with Crippen LogP contribution in [0.5, 0.6) is 5.75 Å². The number of cyclic esters (lactones) is 1. The second-order valence-corrected chi connectivity index (χ2v) is 5.78. The van der Waals surface area contributed by atoms with Crippen LogP contribution in [0.1, 0.15) is 13.8 Å². The molecule has 118 valence electrons. The maximum Gasteiger partial charge on any atom is 0.340 e. The summed E-state index contributed by atoms with van der Waals surface area (Å²) in [5, 5.41) is 0. The third-order valence-corrected chi connectivity index (χ3v) is 3.84. The zero-order chi connectivity index (χ0) is 16.1. The van der Waals surface area contributed by atoms with Gasteiger partial charge in [-0.15, -0.1) is 0 Å². The molecule has 0 unspecified atom stereocenters. The summed E-state index contributed by atoms with van der Waals surface area (Å²) in [4.78, 5) is 25.6. The fraction of sp³-hybridized carbons (Fsp3) is 0.467. The van der Waals surface area contributed by atoms with E-state index in [1.807, 2.05) is 0 Å². The summed E-state index contributed by atoms with van der Waals surface area (Å²) >= 11 is 0. The van der Waals surface area contributed by atoms with Crippen LogP contribution < -0.4 is 15.4 Å². The Hall–Kier alpha value is -2.12. The zero-order valence-corrected chi connectivity index (χ0v) is 12.6. The van der Waals surface area contributed by atoms with Gasteiger partial charge >= 0.3 is 5.97 Å². The number of hydrogen-bond donors (Lipinski definition) is 1. The minimum absolute atomic E-state index is 0.253. The molecule has 22 heavy (non-hydrogen) atoms. The Morgan fingerprint density at radius 3 is 2.36 bits per heavy atom. The highest BCUT2D eigenvalue weighted by atomic mass is 16.8. The van der Waals surface area contributed by atoms with Gasteiger partial charge in [-0.1, -0.05) is 0 Å². The lowest BCUT2D eigenvalue weighted by atomic mass is 9.90. The second kappa shape index (κ2) is 4.96. The molecular weight excluding hydrogens is 288 g/mol. The Labute approximate surface area is 127 Å². The first-order chi connectivity index (χ1) is 10.3. The molecule has 0 spiro atoms. The molecule has 2 heterocycles. The lowest BCUT2D eigenvalue weighted by Crippen LogP contribution is -2.73. The van der Waals surface area contributed by atoms with Crippen LogP contribution in [0, 0.1) is 0 Å². The second-order valence-electron chi connectivity index (χ2n) is 5.78. The summed E-state index contributed by atoms with van der Waals surface area (Å²) in [6.45, 7) is 3.29. The van der Waals surface area contributed by atoms with E-state index >= 15 is 0 Å². The van der Waals surface area contributed by atoms with Crippen molar-refractivity contribution in [2.24, 2.45) is 5.73 Å². The number of nitrogens with zero attached hydrogens (tertiary/aromatic N) is 1. The van der Waals surface area contributed by atoms with Crippen LogP contribution in [0.4, 0.5) is 5.69 Å². The largest absolute Gasteiger partial charge is 0.497 e. The van der Waals surface area contributed by atoms with E-state index < -0.39 is 29.9 Å². The number of anilines is 1. The minimum Gasteiger partial charge on any atom is -0.497 e. The summed E-state index contributed by atoms with van der Waals surface area (Å²) in [7, 11) is 1.56. The molecule has 1 aromatic rings. The molecule has 7 heteroatoms. The number of methoxy groups -OCH3 is 1. The normalized spacial score (nSPS) is 30.0. The van der Waals surface area contributed by atoms with Crippen LogP contribution in [0.2, 0.25) is 0 Å². The van der Waals surface area contributed by atoms with Crippen LogP contribution in [0.3, 0.4) is 0 Å². The Bertz CT molecular complexity index is 613. The van der Waals surface area contributed by atoms with Gasteiger partial charge in [0.15, 0.2) is 6.10 Å². The Kier molecular flexibility index (Phi) is 3.34. The van der Waals surface area contributed by atoms with Crippen molar-refractivity contribution in [3.8, 4) is 5.75 Å². The van der Waals surface area contributed by atoms with Gasteiger partial charge in [-0.2, -0.15) is 0 Å². The van der Waals surface area contributed by atoms with Gasteiger partial charge in [-0.25, -0.2) is 4.79 Å². The van der Waals surface area contributed by atoms with Gasteiger partial charge in [0.2, 0.25) is 11.7 Å². The van der Waals surface area contributed by atoms with Gasteiger partial charge in [-0.3, -0.25) is 4.79 Å². The monoisotopic (exact) mass is 306 g/mol. The van der Waals surface area contributed by atoms with Crippen molar-refractivity contribution in [1.82, 2.24) is 0 Å². The molecule has 3 atom stereocenters. The van der Waals surface area contributed by atoms with E-state index in [2.05, 4.69) is 0 Å². The molecule has 0 aromatic heterocycles. The van der Waals surface area contributed by atoms with Gasteiger partial charge in [0.25, 0.3) is 0 Å². The van der Waals surface area contributed by atoms with Gasteiger partial charge in [-0.05, 0) is 24.3 Å². The number of β-lactam (4-membered cyclic amide) rings is 1. The van der Waals surface area contributed by atoms with Crippen LogP contribution >= 0.6 is 0 Å². The van der Waals surface area contributed by atoms with Gasteiger partial charge in [0, 0.05) is 19.5 Å². The SMILES string of the molecule is COc1ccc(N2C(=O)[C@@H](N)[C@H]2[C@H]2OC(C)(C)OC2=O)cc1. The maximum absolute atomic E-state index is 12.1. The number of benzene rings is 1. The average Bonchev–Trinajstić information content (AvgIpc) is 2.76. The van der Waals surface area contributed by atoms with Gasteiger partial charge in [0.05, 0.1) is 13.2 Å². The first-order valence-electron chi connectivity index (χ1n) is 6.97. The van der Waals surface area contributed by atoms with Crippen molar-refractivity contribution in [1.29, 1.82) is 0 Å². The molecule has 7 nitrogen and oxygen atoms in total. The Morgan fingerprint density at radius 1 is 1.23 bits per heavy atom. The molecule has 2 saturated heterocycles. The summed E-state index contributed by atoms with van der Waals surface area (Å²) in [5.41, 5.74) is 6.51. The average molecular weight is 306 g/mol. The van der Waals surface area contributed by atoms with Crippen molar-refractivity contribution in [3.05, 3.63) is 24.3 Å². The topological polar surface area (TPSA) is 91.1 Å². The highest BCUT2D eigenvalue weighted by Crippen LogP contribution is 2.36. The standard InChI is InChI=1S/C15H18N2O5/c1-15(2)21-12(14(19)22-15)11-10(16)13(18)17(11)8-4-6-9(20-3)7-5-8/h4-7,10-12H,16H2,1-3H3/t10-,11-,12+/m0/s1. The number of amides is 1. The van der Waals surface area contributed by atoms with Crippen LogP contribution in [-0.2, 0) is 19.1 Å². The summed E-state index contributed by atoms with van der Waals surface area (Å²) in [6.07, 6.45) is -0.884. The summed E-state index contributed by atoms with van der Waals surface area (Å²) < 4.78 is 15.9. The fourth-order valence-corrected chi connectivity index (χ4v) is 2.79. The quantitative estimate of drug-likeness (QED) is 0.643. The number of carbonyl (C=O) groups is 2. The molecule has 0 saturated carbocycles. The Balaban J connectivity index is 1.87. The zero-order valence-electron chi connectivity index (χ0n) is 12.6. The molecule has 2 N–H and O–H groups in total. The number of esters is 1.